The summed E-state index contributed by atoms with van der Waals surface area (Å²) in [5.41, 5.74) is 2.30. The third kappa shape index (κ3) is 2.86. The molecule has 1 unspecified atom stereocenters. The summed E-state index contributed by atoms with van der Waals surface area (Å²) in [6, 6.07) is 14.8. The summed E-state index contributed by atoms with van der Waals surface area (Å²) < 4.78 is 6.99. The molecule has 4 rings (SSSR count). The molecule has 1 aromatic heterocycles. The number of rotatable bonds is 3. The van der Waals surface area contributed by atoms with Gasteiger partial charge in [0.1, 0.15) is 5.75 Å². The van der Waals surface area contributed by atoms with Crippen LogP contribution in [0.5, 0.6) is 5.75 Å². The van der Waals surface area contributed by atoms with Crippen LogP contribution in [0.25, 0.3) is 11.3 Å². The summed E-state index contributed by atoms with van der Waals surface area (Å²) in [6.07, 6.45) is 1.23. The lowest BCUT2D eigenvalue weighted by molar-refractivity contribution is -0.763. The van der Waals surface area contributed by atoms with Crippen molar-refractivity contribution in [1.82, 2.24) is 10.1 Å². The van der Waals surface area contributed by atoms with E-state index in [0.717, 1.165) is 5.56 Å². The molecule has 0 bridgehead atoms. The van der Waals surface area contributed by atoms with Crippen LogP contribution >= 0.6 is 11.8 Å². The van der Waals surface area contributed by atoms with Crippen molar-refractivity contribution >= 4 is 23.4 Å². The number of ether oxygens (including phenoxy) is 1. The van der Waals surface area contributed by atoms with Crippen molar-refractivity contribution in [2.24, 2.45) is 0 Å². The van der Waals surface area contributed by atoms with Gasteiger partial charge in [0.15, 0.2) is 0 Å². The quantitative estimate of drug-likeness (QED) is 0.544. The van der Waals surface area contributed by atoms with E-state index in [1.54, 1.807) is 16.7 Å². The van der Waals surface area contributed by atoms with Gasteiger partial charge in [-0.15, -0.1) is 0 Å². The van der Waals surface area contributed by atoms with Crippen LogP contribution in [-0.2, 0) is 4.79 Å². The van der Waals surface area contributed by atoms with Crippen molar-refractivity contribution in [3.8, 4) is 17.0 Å². The molecular weight excluding hydrogens is 376 g/mol. The smallest absolute Gasteiger partial charge is 0.325 e. The number of carbonyl (C=O) groups is 1. The maximum absolute atomic E-state index is 12.9. The van der Waals surface area contributed by atoms with Gasteiger partial charge in [0, 0.05) is 17.6 Å². The summed E-state index contributed by atoms with van der Waals surface area (Å²) in [4.78, 5) is 30.1. The number of nitrogens with one attached hydrogen (secondary N) is 1. The lowest BCUT2D eigenvalue weighted by Crippen LogP contribution is -2.60. The Bertz CT molecular complexity index is 1130. The zero-order valence-corrected chi connectivity index (χ0v) is 16.5. The van der Waals surface area contributed by atoms with Crippen molar-refractivity contribution in [2.75, 3.05) is 18.3 Å². The van der Waals surface area contributed by atoms with E-state index in [9.17, 15) is 9.59 Å². The molecule has 28 heavy (non-hydrogen) atoms. The summed E-state index contributed by atoms with van der Waals surface area (Å²) >= 11 is 1.34. The highest BCUT2D eigenvalue weighted by Crippen LogP contribution is 2.37. The molecule has 7 nitrogen and oxygen atoms in total. The van der Waals surface area contributed by atoms with Gasteiger partial charge in [0.2, 0.25) is 11.1 Å². The third-order valence-electron chi connectivity index (χ3n) is 4.68. The number of anilines is 1. The molecule has 2 heterocycles. The maximum atomic E-state index is 12.9. The third-order valence-corrected chi connectivity index (χ3v) is 5.25. The van der Waals surface area contributed by atoms with E-state index in [2.05, 4.69) is 10.1 Å². The average molecular weight is 395 g/mol. The largest absolute Gasteiger partial charge is 0.497 e. The van der Waals surface area contributed by atoms with Crippen molar-refractivity contribution in [3.05, 3.63) is 64.4 Å². The van der Waals surface area contributed by atoms with Crippen LogP contribution in [0.1, 0.15) is 18.7 Å². The second-order valence-electron chi connectivity index (χ2n) is 6.31. The first-order valence-corrected chi connectivity index (χ1v) is 9.91. The molecule has 0 aliphatic carbocycles. The summed E-state index contributed by atoms with van der Waals surface area (Å²) in [7, 11) is 1.59. The first-order valence-electron chi connectivity index (χ1n) is 8.68. The Morgan fingerprint density at radius 2 is 2.04 bits per heavy atom. The lowest BCUT2D eigenvalue weighted by Gasteiger charge is -2.31. The van der Waals surface area contributed by atoms with Crippen molar-refractivity contribution in [2.45, 2.75) is 18.2 Å². The Balaban J connectivity index is 2.08. The predicted molar refractivity (Wildman–Crippen MR) is 107 cm³/mol. The Morgan fingerprint density at radius 1 is 1.25 bits per heavy atom. The van der Waals surface area contributed by atoms with Crippen molar-refractivity contribution < 1.29 is 14.2 Å². The molecule has 0 radical (unpaired) electrons. The summed E-state index contributed by atoms with van der Waals surface area (Å²) in [5, 5.41) is 5.10. The number of thioether (sulfide) groups is 1. The number of aromatic amines is 1. The zero-order chi connectivity index (χ0) is 19.8. The molecule has 1 atom stereocenters. The van der Waals surface area contributed by atoms with Gasteiger partial charge >= 0.3 is 11.3 Å². The fourth-order valence-electron chi connectivity index (χ4n) is 3.51. The van der Waals surface area contributed by atoms with E-state index in [-0.39, 0.29) is 11.5 Å². The van der Waals surface area contributed by atoms with Gasteiger partial charge in [-0.2, -0.15) is 0 Å². The van der Waals surface area contributed by atoms with E-state index in [0.29, 0.717) is 27.9 Å². The Morgan fingerprint density at radius 3 is 2.75 bits per heavy atom. The molecule has 0 fully saturated rings. The molecule has 1 amide bonds. The molecule has 1 aliphatic rings. The van der Waals surface area contributed by atoms with Gasteiger partial charge < -0.3 is 4.74 Å². The molecular formula is C20H19N4O3S+. The van der Waals surface area contributed by atoms with Crippen LogP contribution in [0.15, 0.2) is 58.5 Å². The van der Waals surface area contributed by atoms with E-state index in [1.807, 2.05) is 54.8 Å². The Hall–Kier alpha value is -3.13. The fourth-order valence-corrected chi connectivity index (χ4v) is 3.87. The molecule has 3 aromatic rings. The van der Waals surface area contributed by atoms with Crippen LogP contribution in [0.3, 0.4) is 0 Å². The fraction of sp³-hybridized carbons (Fsp3) is 0.200. The molecule has 0 saturated heterocycles. The summed E-state index contributed by atoms with van der Waals surface area (Å²) in [6.45, 7) is 1.51. The highest BCUT2D eigenvalue weighted by atomic mass is 32.2. The number of H-pyrrole nitrogens is 1. The number of hydrogen-bond donors (Lipinski definition) is 1. The summed E-state index contributed by atoms with van der Waals surface area (Å²) in [5.74, 6) is 0.517. The number of amides is 1. The molecule has 0 saturated carbocycles. The molecule has 8 heteroatoms. The Kier molecular flexibility index (Phi) is 4.64. The second kappa shape index (κ2) is 7.12. The van der Waals surface area contributed by atoms with E-state index in [4.69, 9.17) is 4.74 Å². The van der Waals surface area contributed by atoms with Gasteiger partial charge in [-0.1, -0.05) is 30.0 Å². The number of methoxy groups -OCH3 is 1. The minimum atomic E-state index is -0.606. The van der Waals surface area contributed by atoms with Crippen LogP contribution < -0.4 is 19.9 Å². The standard InChI is InChI=1S/C20H18N4O3S/c1-12(25)23-16-10-5-4-9-15(16)17-18(26)21-20(28-3)22-24(17)19(23)13-7-6-8-14(11-13)27-2/h4-11,19H,1-3H3/p+1. The minimum absolute atomic E-state index is 0.147. The minimum Gasteiger partial charge on any atom is -0.497 e. The average Bonchev–Trinajstić information content (AvgIpc) is 2.72. The first kappa shape index (κ1) is 18.2. The lowest BCUT2D eigenvalue weighted by atomic mass is 10.0. The normalized spacial score (nSPS) is 15.0. The van der Waals surface area contributed by atoms with E-state index in [1.165, 1.54) is 18.7 Å². The van der Waals surface area contributed by atoms with Crippen LogP contribution in [0, 0.1) is 0 Å². The zero-order valence-electron chi connectivity index (χ0n) is 15.7. The first-order chi connectivity index (χ1) is 13.5. The number of benzene rings is 2. The van der Waals surface area contributed by atoms with Gasteiger partial charge in [0.05, 0.1) is 18.4 Å². The number of carbonyl (C=O) groups excluding carboxylic acids is 1. The topological polar surface area (TPSA) is 79.2 Å². The Labute approximate surface area is 166 Å². The molecule has 2 aromatic carbocycles. The number of para-hydroxylation sites is 1. The molecule has 1 aliphatic heterocycles. The van der Waals surface area contributed by atoms with Gasteiger partial charge in [0.25, 0.3) is 6.17 Å². The van der Waals surface area contributed by atoms with Gasteiger partial charge in [-0.05, 0) is 41.3 Å². The number of nitrogens with zero attached hydrogens (tertiary/aromatic N) is 3. The highest BCUT2D eigenvalue weighted by Gasteiger charge is 2.44. The van der Waals surface area contributed by atoms with Crippen LogP contribution in [0.4, 0.5) is 5.69 Å². The number of fused-ring (bicyclic) bond motifs is 3. The maximum Gasteiger partial charge on any atom is 0.325 e. The number of hydrogen-bond acceptors (Lipinski definition) is 5. The molecule has 0 spiro atoms. The van der Waals surface area contributed by atoms with Crippen LogP contribution in [-0.4, -0.2) is 29.4 Å². The SMILES string of the molecule is COc1cccc(C2N(C(C)=O)c3ccccc3-c3c(=O)[nH]c(SC)n[n+]32)c1. The second-order valence-corrected chi connectivity index (χ2v) is 7.11. The van der Waals surface area contributed by atoms with Crippen molar-refractivity contribution in [1.29, 1.82) is 0 Å². The molecule has 1 N–H and O–H groups in total. The highest BCUT2D eigenvalue weighted by molar-refractivity contribution is 7.98. The number of aromatic nitrogens is 3. The van der Waals surface area contributed by atoms with Gasteiger partial charge in [-0.25, -0.2) is 4.90 Å². The molecule has 142 valence electrons. The van der Waals surface area contributed by atoms with Crippen LogP contribution in [0.2, 0.25) is 0 Å². The van der Waals surface area contributed by atoms with E-state index < -0.39 is 6.17 Å². The van der Waals surface area contributed by atoms with Crippen molar-refractivity contribution in [3.63, 3.8) is 0 Å². The monoisotopic (exact) mass is 395 g/mol. The van der Waals surface area contributed by atoms with E-state index >= 15 is 0 Å². The predicted octanol–water partition coefficient (Wildman–Crippen LogP) is 2.37. The van der Waals surface area contributed by atoms with Gasteiger partial charge in [-0.3, -0.25) is 14.6 Å².